The van der Waals surface area contributed by atoms with Gasteiger partial charge in [0.25, 0.3) is 5.91 Å². The number of nitrogens with one attached hydrogen (secondary N) is 1. The number of primary amides is 1. The highest BCUT2D eigenvalue weighted by Crippen LogP contribution is 2.19. The number of halogens is 2. The van der Waals surface area contributed by atoms with E-state index in [9.17, 15) is 14.0 Å². The van der Waals surface area contributed by atoms with E-state index in [1.165, 1.54) is 19.1 Å². The van der Waals surface area contributed by atoms with Gasteiger partial charge in [0.2, 0.25) is 5.91 Å². The monoisotopic (exact) mass is 288 g/mol. The molecule has 86 valence electrons. The summed E-state index contributed by atoms with van der Waals surface area (Å²) in [4.78, 5) is 22.4. The van der Waals surface area contributed by atoms with Gasteiger partial charge in [-0.15, -0.1) is 0 Å². The second-order valence-electron chi connectivity index (χ2n) is 3.19. The van der Waals surface area contributed by atoms with Crippen molar-refractivity contribution in [2.45, 2.75) is 13.0 Å². The topological polar surface area (TPSA) is 72.2 Å². The van der Waals surface area contributed by atoms with E-state index in [1.807, 2.05) is 0 Å². The van der Waals surface area contributed by atoms with E-state index in [1.54, 1.807) is 0 Å². The molecule has 0 aliphatic carbocycles. The number of carbonyl (C=O) groups excluding carboxylic acids is 2. The summed E-state index contributed by atoms with van der Waals surface area (Å²) in [5, 5.41) is 2.29. The molecular weight excluding hydrogens is 279 g/mol. The molecule has 0 heterocycles. The Morgan fingerprint density at radius 2 is 2.12 bits per heavy atom. The van der Waals surface area contributed by atoms with E-state index >= 15 is 0 Å². The Kier molecular flexibility index (Phi) is 4.00. The molecule has 0 saturated carbocycles. The third-order valence-corrected chi connectivity index (χ3v) is 2.63. The largest absolute Gasteiger partial charge is 0.368 e. The number of carbonyl (C=O) groups is 2. The minimum Gasteiger partial charge on any atom is -0.368 e. The smallest absolute Gasteiger partial charge is 0.256 e. The van der Waals surface area contributed by atoms with Gasteiger partial charge in [-0.3, -0.25) is 9.59 Å². The standard InChI is InChI=1S/C10H10BrFN2O2/c1-5(9(13)15)14-10(16)8-6(11)3-2-4-7(8)12/h2-5H,1H3,(H2,13,15)(H,14,16). The van der Waals surface area contributed by atoms with Gasteiger partial charge in [-0.25, -0.2) is 4.39 Å². The van der Waals surface area contributed by atoms with E-state index in [-0.39, 0.29) is 5.56 Å². The van der Waals surface area contributed by atoms with E-state index in [0.717, 1.165) is 6.07 Å². The predicted octanol–water partition coefficient (Wildman–Crippen LogP) is 1.19. The number of amides is 2. The van der Waals surface area contributed by atoms with Crippen molar-refractivity contribution in [2.75, 3.05) is 0 Å². The van der Waals surface area contributed by atoms with Gasteiger partial charge in [0, 0.05) is 4.47 Å². The summed E-state index contributed by atoms with van der Waals surface area (Å²) in [5.74, 6) is -2.03. The van der Waals surface area contributed by atoms with Crippen LogP contribution in [0.3, 0.4) is 0 Å². The highest BCUT2D eigenvalue weighted by atomic mass is 79.9. The maximum atomic E-state index is 13.3. The van der Waals surface area contributed by atoms with Gasteiger partial charge in [-0.2, -0.15) is 0 Å². The number of hydrogen-bond donors (Lipinski definition) is 2. The summed E-state index contributed by atoms with van der Waals surface area (Å²) in [6.07, 6.45) is 0. The normalized spacial score (nSPS) is 11.9. The second kappa shape index (κ2) is 5.07. The van der Waals surface area contributed by atoms with Crippen LogP contribution < -0.4 is 11.1 Å². The first-order chi connectivity index (χ1) is 7.43. The summed E-state index contributed by atoms with van der Waals surface area (Å²) < 4.78 is 13.7. The summed E-state index contributed by atoms with van der Waals surface area (Å²) in [6.45, 7) is 1.43. The Hall–Kier alpha value is -1.43. The lowest BCUT2D eigenvalue weighted by atomic mass is 10.2. The maximum absolute atomic E-state index is 13.3. The number of rotatable bonds is 3. The van der Waals surface area contributed by atoms with Crippen LogP contribution in [0.2, 0.25) is 0 Å². The van der Waals surface area contributed by atoms with Crippen LogP contribution in [0.4, 0.5) is 4.39 Å². The highest BCUT2D eigenvalue weighted by molar-refractivity contribution is 9.10. The molecule has 4 nitrogen and oxygen atoms in total. The second-order valence-corrected chi connectivity index (χ2v) is 4.05. The SMILES string of the molecule is CC(NC(=O)c1c(F)cccc1Br)C(N)=O. The van der Waals surface area contributed by atoms with Crippen molar-refractivity contribution in [3.63, 3.8) is 0 Å². The van der Waals surface area contributed by atoms with Gasteiger partial charge in [-0.05, 0) is 35.0 Å². The summed E-state index contributed by atoms with van der Waals surface area (Å²) >= 11 is 3.06. The first kappa shape index (κ1) is 12.6. The van der Waals surface area contributed by atoms with Crippen LogP contribution in [0.5, 0.6) is 0 Å². The van der Waals surface area contributed by atoms with Crippen LogP contribution in [-0.4, -0.2) is 17.9 Å². The molecular formula is C10H10BrFN2O2. The Bertz CT molecular complexity index is 417. The fourth-order valence-corrected chi connectivity index (χ4v) is 1.58. The lowest BCUT2D eigenvalue weighted by Crippen LogP contribution is -2.42. The Morgan fingerprint density at radius 3 is 2.62 bits per heavy atom. The third kappa shape index (κ3) is 2.79. The lowest BCUT2D eigenvalue weighted by Gasteiger charge is -2.11. The maximum Gasteiger partial charge on any atom is 0.256 e. The quantitative estimate of drug-likeness (QED) is 0.877. The molecule has 0 aliphatic rings. The van der Waals surface area contributed by atoms with Crippen LogP contribution >= 0.6 is 15.9 Å². The van der Waals surface area contributed by atoms with E-state index in [0.29, 0.717) is 4.47 Å². The average molecular weight is 289 g/mol. The molecule has 0 bridgehead atoms. The molecule has 1 rings (SSSR count). The number of nitrogens with two attached hydrogens (primary N) is 1. The van der Waals surface area contributed by atoms with Crippen molar-refractivity contribution in [3.05, 3.63) is 34.1 Å². The zero-order valence-electron chi connectivity index (χ0n) is 8.46. The third-order valence-electron chi connectivity index (χ3n) is 1.96. The van der Waals surface area contributed by atoms with Gasteiger partial charge in [-0.1, -0.05) is 6.07 Å². The van der Waals surface area contributed by atoms with Crippen LogP contribution in [0.25, 0.3) is 0 Å². The number of hydrogen-bond acceptors (Lipinski definition) is 2. The molecule has 1 aromatic carbocycles. The van der Waals surface area contributed by atoms with Gasteiger partial charge in [0.05, 0.1) is 5.56 Å². The molecule has 0 radical (unpaired) electrons. The van der Waals surface area contributed by atoms with Gasteiger partial charge < -0.3 is 11.1 Å². The minimum atomic E-state index is -0.848. The predicted molar refractivity (Wildman–Crippen MR) is 60.2 cm³/mol. The molecule has 0 saturated heterocycles. The fraction of sp³-hybridized carbons (Fsp3) is 0.200. The van der Waals surface area contributed by atoms with Crippen molar-refractivity contribution in [1.82, 2.24) is 5.32 Å². The van der Waals surface area contributed by atoms with E-state index < -0.39 is 23.7 Å². The first-order valence-corrected chi connectivity index (χ1v) is 5.27. The molecule has 1 aromatic rings. The molecule has 0 aromatic heterocycles. The van der Waals surface area contributed by atoms with Crippen molar-refractivity contribution < 1.29 is 14.0 Å². The Balaban J connectivity index is 2.93. The zero-order valence-corrected chi connectivity index (χ0v) is 10.0. The molecule has 1 atom stereocenters. The van der Waals surface area contributed by atoms with Crippen molar-refractivity contribution >= 4 is 27.7 Å². The van der Waals surface area contributed by atoms with Crippen LogP contribution in [-0.2, 0) is 4.79 Å². The summed E-state index contributed by atoms with van der Waals surface area (Å²) in [6, 6.07) is 3.31. The van der Waals surface area contributed by atoms with E-state index in [4.69, 9.17) is 5.73 Å². The molecule has 0 aliphatic heterocycles. The summed E-state index contributed by atoms with van der Waals surface area (Å²) in [5.41, 5.74) is 4.84. The molecule has 1 unspecified atom stereocenters. The van der Waals surface area contributed by atoms with E-state index in [2.05, 4.69) is 21.2 Å². The van der Waals surface area contributed by atoms with Crippen molar-refractivity contribution in [1.29, 1.82) is 0 Å². The summed E-state index contributed by atoms with van der Waals surface area (Å²) in [7, 11) is 0. The van der Waals surface area contributed by atoms with Crippen LogP contribution in [0.15, 0.2) is 22.7 Å². The number of benzene rings is 1. The molecule has 0 spiro atoms. The fourth-order valence-electron chi connectivity index (χ4n) is 1.05. The van der Waals surface area contributed by atoms with Crippen LogP contribution in [0, 0.1) is 5.82 Å². The van der Waals surface area contributed by atoms with Crippen molar-refractivity contribution in [2.24, 2.45) is 5.73 Å². The van der Waals surface area contributed by atoms with Crippen LogP contribution in [0.1, 0.15) is 17.3 Å². The Labute approximate surface area is 100 Å². The molecule has 3 N–H and O–H groups in total. The minimum absolute atomic E-state index is 0.143. The molecule has 6 heteroatoms. The van der Waals surface area contributed by atoms with Crippen molar-refractivity contribution in [3.8, 4) is 0 Å². The zero-order chi connectivity index (χ0) is 12.3. The Morgan fingerprint density at radius 1 is 1.50 bits per heavy atom. The lowest BCUT2D eigenvalue weighted by molar-refractivity contribution is -0.119. The first-order valence-electron chi connectivity index (χ1n) is 4.47. The molecule has 2 amide bonds. The van der Waals surface area contributed by atoms with Gasteiger partial charge in [0.15, 0.2) is 0 Å². The average Bonchev–Trinajstić information content (AvgIpc) is 2.16. The van der Waals surface area contributed by atoms with Gasteiger partial charge >= 0.3 is 0 Å². The molecule has 16 heavy (non-hydrogen) atoms. The highest BCUT2D eigenvalue weighted by Gasteiger charge is 2.19. The molecule has 0 fully saturated rings. The van der Waals surface area contributed by atoms with Gasteiger partial charge in [0.1, 0.15) is 11.9 Å².